The third-order valence-corrected chi connectivity index (χ3v) is 5.30. The van der Waals surface area contributed by atoms with Crippen LogP contribution in [0, 0.1) is 6.92 Å². The molecule has 4 rings (SSSR count). The Hall–Kier alpha value is -4.04. The maximum Gasteiger partial charge on any atom is 0.267 e. The third-order valence-electron chi connectivity index (χ3n) is 5.30. The van der Waals surface area contributed by atoms with Gasteiger partial charge in [-0.25, -0.2) is 9.36 Å². The van der Waals surface area contributed by atoms with E-state index in [1.165, 1.54) is 17.7 Å². The second-order valence-electron chi connectivity index (χ2n) is 7.86. The highest BCUT2D eigenvalue weighted by Crippen LogP contribution is 2.18. The van der Waals surface area contributed by atoms with Crippen molar-refractivity contribution in [1.82, 2.24) is 19.6 Å². The molecular weight excluding hydrogens is 454 g/mol. The molecule has 0 aliphatic rings. The van der Waals surface area contributed by atoms with Gasteiger partial charge in [0.2, 0.25) is 0 Å². The van der Waals surface area contributed by atoms with Gasteiger partial charge in [-0.15, -0.1) is 0 Å². The van der Waals surface area contributed by atoms with Gasteiger partial charge in [-0.2, -0.15) is 10.2 Å². The van der Waals surface area contributed by atoms with Gasteiger partial charge in [0.1, 0.15) is 5.82 Å². The number of aryl methyl sites for hydroxylation is 3. The molecule has 0 fully saturated rings. The average Bonchev–Trinajstić information content (AvgIpc) is 3.23. The molecule has 0 spiro atoms. The summed E-state index contributed by atoms with van der Waals surface area (Å²) in [6.07, 6.45) is 0.774. The number of aliphatic hydroxyl groups is 1. The largest absolute Gasteiger partial charge is 0.400 e. The number of hydrogen-bond acceptors (Lipinski definition) is 6. The summed E-state index contributed by atoms with van der Waals surface area (Å²) < 4.78 is 3.23. The van der Waals surface area contributed by atoms with Gasteiger partial charge >= 0.3 is 0 Å². The van der Waals surface area contributed by atoms with Crippen LogP contribution in [0.1, 0.15) is 48.0 Å². The van der Waals surface area contributed by atoms with Crippen molar-refractivity contribution in [3.63, 3.8) is 0 Å². The molecule has 0 aliphatic carbocycles. The summed E-state index contributed by atoms with van der Waals surface area (Å²) in [5.41, 5.74) is 10.9. The van der Waals surface area contributed by atoms with Crippen LogP contribution in [0.25, 0.3) is 11.3 Å². The van der Waals surface area contributed by atoms with E-state index in [9.17, 15) is 9.59 Å². The van der Waals surface area contributed by atoms with Gasteiger partial charge in [-0.1, -0.05) is 50.2 Å². The van der Waals surface area contributed by atoms with Crippen LogP contribution in [0.5, 0.6) is 0 Å². The summed E-state index contributed by atoms with van der Waals surface area (Å²) in [7, 11) is 1.00. The topological polar surface area (TPSA) is 116 Å². The van der Waals surface area contributed by atoms with Crippen LogP contribution < -0.4 is 11.3 Å². The molecule has 190 valence electrons. The van der Waals surface area contributed by atoms with Crippen molar-refractivity contribution in [3.8, 4) is 11.3 Å². The number of Topliss-reactive ketones (excluding diaryl/α,β-unsaturated/α-hetero) is 1. The molecule has 0 saturated heterocycles. The smallest absolute Gasteiger partial charge is 0.267 e. The molecule has 2 aromatic carbocycles. The lowest BCUT2D eigenvalue weighted by molar-refractivity contribution is 0.101. The number of ketones is 1. The Balaban J connectivity index is 0.00000109. The SMILES string of the molecule is CC.CC(=O)c1cccc(Cn2nc(-c3cccc(CCn4nc(C)cc4N)c3)ccc2=O)c1.CO. The molecule has 0 saturated carbocycles. The van der Waals surface area contributed by atoms with Crippen LogP contribution in [0.4, 0.5) is 5.82 Å². The molecule has 0 unspecified atom stereocenters. The lowest BCUT2D eigenvalue weighted by atomic mass is 10.1. The zero-order chi connectivity index (χ0) is 26.7. The average molecular weight is 490 g/mol. The number of benzene rings is 2. The molecule has 8 nitrogen and oxygen atoms in total. The molecule has 0 aliphatic heterocycles. The van der Waals surface area contributed by atoms with Crippen LogP contribution in [-0.2, 0) is 19.5 Å². The fourth-order valence-electron chi connectivity index (χ4n) is 3.64. The Morgan fingerprint density at radius 3 is 2.28 bits per heavy atom. The van der Waals surface area contributed by atoms with Crippen molar-refractivity contribution < 1.29 is 9.90 Å². The highest BCUT2D eigenvalue weighted by molar-refractivity contribution is 5.94. The van der Waals surface area contributed by atoms with Crippen molar-refractivity contribution in [1.29, 1.82) is 0 Å². The molecular formula is C28H35N5O3. The number of nitrogens with two attached hydrogens (primary N) is 1. The van der Waals surface area contributed by atoms with E-state index >= 15 is 0 Å². The molecule has 8 heteroatoms. The Bertz CT molecular complexity index is 1340. The lowest BCUT2D eigenvalue weighted by Crippen LogP contribution is -2.23. The molecule has 2 aromatic heterocycles. The minimum absolute atomic E-state index is 0.00949. The summed E-state index contributed by atoms with van der Waals surface area (Å²) in [6.45, 7) is 8.43. The first-order valence-corrected chi connectivity index (χ1v) is 11.9. The number of aromatic nitrogens is 4. The summed E-state index contributed by atoms with van der Waals surface area (Å²) in [5, 5.41) is 16.0. The second-order valence-corrected chi connectivity index (χ2v) is 7.86. The van der Waals surface area contributed by atoms with Crippen LogP contribution in [0.15, 0.2) is 71.5 Å². The summed E-state index contributed by atoms with van der Waals surface area (Å²) in [4.78, 5) is 24.1. The quantitative estimate of drug-likeness (QED) is 0.377. The number of rotatable bonds is 7. The first kappa shape index (κ1) is 28.2. The number of aliphatic hydroxyl groups excluding tert-OH is 1. The molecule has 36 heavy (non-hydrogen) atoms. The Labute approximate surface area is 212 Å². The maximum absolute atomic E-state index is 12.4. The van der Waals surface area contributed by atoms with Crippen molar-refractivity contribution in [2.24, 2.45) is 0 Å². The van der Waals surface area contributed by atoms with Gasteiger partial charge in [-0.05, 0) is 49.6 Å². The normalized spacial score (nSPS) is 10.1. The van der Waals surface area contributed by atoms with Crippen molar-refractivity contribution in [2.45, 2.75) is 47.2 Å². The molecule has 0 bridgehead atoms. The summed E-state index contributed by atoms with van der Waals surface area (Å²) >= 11 is 0. The lowest BCUT2D eigenvalue weighted by Gasteiger charge is -2.10. The van der Waals surface area contributed by atoms with Gasteiger partial charge in [0.25, 0.3) is 5.56 Å². The number of anilines is 1. The van der Waals surface area contributed by atoms with E-state index in [4.69, 9.17) is 10.8 Å². The number of carbonyl (C=O) groups is 1. The maximum atomic E-state index is 12.4. The fraction of sp³-hybridized carbons (Fsp3) is 0.286. The van der Waals surface area contributed by atoms with Gasteiger partial charge < -0.3 is 10.8 Å². The first-order valence-electron chi connectivity index (χ1n) is 11.9. The minimum Gasteiger partial charge on any atom is -0.400 e. The highest BCUT2D eigenvalue weighted by atomic mass is 16.2. The zero-order valence-corrected chi connectivity index (χ0v) is 21.6. The van der Waals surface area contributed by atoms with Crippen LogP contribution >= 0.6 is 0 Å². The van der Waals surface area contributed by atoms with Crippen LogP contribution in [0.3, 0.4) is 0 Å². The van der Waals surface area contributed by atoms with E-state index in [2.05, 4.69) is 22.3 Å². The van der Waals surface area contributed by atoms with Gasteiger partial charge in [0.15, 0.2) is 5.78 Å². The van der Waals surface area contributed by atoms with Crippen LogP contribution in [-0.4, -0.2) is 37.6 Å². The van der Waals surface area contributed by atoms with Gasteiger partial charge in [0.05, 0.1) is 17.9 Å². The Morgan fingerprint density at radius 2 is 1.61 bits per heavy atom. The molecule has 0 atom stereocenters. The van der Waals surface area contributed by atoms with Gasteiger partial charge in [0, 0.05) is 36.9 Å². The number of hydrogen-bond donors (Lipinski definition) is 2. The van der Waals surface area contributed by atoms with E-state index in [0.29, 0.717) is 30.2 Å². The molecule has 0 radical (unpaired) electrons. The van der Waals surface area contributed by atoms with Gasteiger partial charge in [-0.3, -0.25) is 9.59 Å². The van der Waals surface area contributed by atoms with E-state index < -0.39 is 0 Å². The minimum atomic E-state index is -0.192. The highest BCUT2D eigenvalue weighted by Gasteiger charge is 2.08. The third kappa shape index (κ3) is 7.48. The fourth-order valence-corrected chi connectivity index (χ4v) is 3.64. The predicted octanol–water partition coefficient (Wildman–Crippen LogP) is 4.13. The summed E-state index contributed by atoms with van der Waals surface area (Å²) in [5.74, 6) is 0.644. The molecule has 2 heterocycles. The van der Waals surface area contributed by atoms with Crippen molar-refractivity contribution in [2.75, 3.05) is 12.8 Å². The number of carbonyl (C=O) groups excluding carboxylic acids is 1. The number of nitrogens with zero attached hydrogens (tertiary/aromatic N) is 4. The summed E-state index contributed by atoms with van der Waals surface area (Å²) in [6, 6.07) is 20.5. The molecule has 3 N–H and O–H groups in total. The van der Waals surface area contributed by atoms with E-state index in [-0.39, 0.29) is 11.3 Å². The first-order chi connectivity index (χ1) is 17.4. The van der Waals surface area contributed by atoms with Crippen molar-refractivity contribution >= 4 is 11.6 Å². The van der Waals surface area contributed by atoms with E-state index in [0.717, 1.165) is 35.9 Å². The predicted molar refractivity (Wildman–Crippen MR) is 144 cm³/mol. The molecule has 4 aromatic rings. The molecule has 0 amide bonds. The van der Waals surface area contributed by atoms with Crippen molar-refractivity contribution in [3.05, 3.63) is 99.5 Å². The zero-order valence-electron chi connectivity index (χ0n) is 21.6. The number of nitrogen functional groups attached to an aromatic ring is 1. The Morgan fingerprint density at radius 1 is 0.917 bits per heavy atom. The van der Waals surface area contributed by atoms with E-state index in [1.807, 2.05) is 51.1 Å². The monoisotopic (exact) mass is 489 g/mol. The Kier molecular flexibility index (Phi) is 10.8. The van der Waals surface area contributed by atoms with E-state index in [1.54, 1.807) is 22.9 Å². The second kappa shape index (κ2) is 13.7. The standard InChI is InChI=1S/C25H25N5O2.C2H6.CH4O/c1-17-13-24(26)29(27-17)12-11-19-5-3-8-22(14-19)23-9-10-25(32)30(28-23)16-20-6-4-7-21(15-20)18(2)31;2*1-2/h3-10,13-15H,11-12,16,26H2,1-2H3;1-2H3;2H,1H3. The van der Waals surface area contributed by atoms with Crippen LogP contribution in [0.2, 0.25) is 0 Å².